The highest BCUT2D eigenvalue weighted by Gasteiger charge is 2.33. The minimum atomic E-state index is -0.178. The number of rotatable bonds is 5. The van der Waals surface area contributed by atoms with Gasteiger partial charge in [0.2, 0.25) is 11.8 Å². The SMILES string of the molecule is CC1SC(=S)N(CCCC(=O)Nc2cc(Cl)ccc2Cl)C1=O. The fraction of sp³-hybridized carbons (Fsp3) is 0.357. The van der Waals surface area contributed by atoms with E-state index < -0.39 is 0 Å². The lowest BCUT2D eigenvalue weighted by molar-refractivity contribution is -0.126. The van der Waals surface area contributed by atoms with E-state index in [0.29, 0.717) is 33.0 Å². The molecule has 0 saturated carbocycles. The van der Waals surface area contributed by atoms with Gasteiger partial charge in [-0.1, -0.05) is 47.2 Å². The fourth-order valence-corrected chi connectivity index (χ4v) is 3.77. The maximum absolute atomic E-state index is 11.9. The van der Waals surface area contributed by atoms with Crippen LogP contribution in [-0.2, 0) is 9.59 Å². The molecule has 118 valence electrons. The molecular formula is C14H14Cl2N2O2S2. The van der Waals surface area contributed by atoms with Crippen molar-refractivity contribution in [2.45, 2.75) is 25.0 Å². The molecule has 0 spiro atoms. The highest BCUT2D eigenvalue weighted by Crippen LogP contribution is 2.27. The number of nitrogens with one attached hydrogen (secondary N) is 1. The lowest BCUT2D eigenvalue weighted by Gasteiger charge is -2.15. The summed E-state index contributed by atoms with van der Waals surface area (Å²) in [5, 5.41) is 3.51. The first-order valence-corrected chi connectivity index (χ1v) is 8.70. The van der Waals surface area contributed by atoms with Crippen molar-refractivity contribution in [2.75, 3.05) is 11.9 Å². The summed E-state index contributed by atoms with van der Waals surface area (Å²) >= 11 is 18.4. The molecule has 1 aliphatic heterocycles. The summed E-state index contributed by atoms with van der Waals surface area (Å²) in [6.45, 7) is 2.28. The van der Waals surface area contributed by atoms with Gasteiger partial charge in [0.15, 0.2) is 0 Å². The van der Waals surface area contributed by atoms with E-state index in [2.05, 4.69) is 5.32 Å². The number of hydrogen-bond acceptors (Lipinski definition) is 4. The Hall–Kier alpha value is -0.820. The molecule has 2 rings (SSSR count). The van der Waals surface area contributed by atoms with Gasteiger partial charge in [0.25, 0.3) is 0 Å². The second-order valence-corrected chi connectivity index (χ2v) is 7.61. The van der Waals surface area contributed by atoms with Crippen molar-refractivity contribution >= 4 is 69.0 Å². The molecule has 1 heterocycles. The molecular weight excluding hydrogens is 363 g/mol. The predicted octanol–water partition coefficient (Wildman–Crippen LogP) is 3.96. The van der Waals surface area contributed by atoms with E-state index in [0.717, 1.165) is 0 Å². The summed E-state index contributed by atoms with van der Waals surface area (Å²) in [6.07, 6.45) is 0.803. The van der Waals surface area contributed by atoms with Gasteiger partial charge in [0, 0.05) is 18.0 Å². The largest absolute Gasteiger partial charge is 0.325 e. The van der Waals surface area contributed by atoms with Gasteiger partial charge < -0.3 is 5.32 Å². The van der Waals surface area contributed by atoms with Crippen LogP contribution in [0.4, 0.5) is 5.69 Å². The first-order valence-electron chi connectivity index (χ1n) is 6.65. The van der Waals surface area contributed by atoms with E-state index in [4.69, 9.17) is 35.4 Å². The van der Waals surface area contributed by atoms with Crippen LogP contribution in [0.25, 0.3) is 0 Å². The molecule has 1 N–H and O–H groups in total. The number of benzene rings is 1. The monoisotopic (exact) mass is 376 g/mol. The summed E-state index contributed by atoms with van der Waals surface area (Å²) in [5.74, 6) is -0.171. The molecule has 1 atom stereocenters. The number of carbonyl (C=O) groups excluding carboxylic acids is 2. The minimum Gasteiger partial charge on any atom is -0.325 e. The zero-order chi connectivity index (χ0) is 16.3. The molecule has 1 aliphatic rings. The van der Waals surface area contributed by atoms with Crippen LogP contribution in [0.1, 0.15) is 19.8 Å². The Morgan fingerprint density at radius 1 is 1.45 bits per heavy atom. The first kappa shape index (κ1) is 17.5. The molecule has 0 aliphatic carbocycles. The van der Waals surface area contributed by atoms with E-state index in [1.54, 1.807) is 23.1 Å². The van der Waals surface area contributed by atoms with E-state index in [1.165, 1.54) is 11.8 Å². The molecule has 2 amide bonds. The number of nitrogens with zero attached hydrogens (tertiary/aromatic N) is 1. The molecule has 0 bridgehead atoms. The van der Waals surface area contributed by atoms with Crippen molar-refractivity contribution in [3.8, 4) is 0 Å². The molecule has 1 fully saturated rings. The van der Waals surface area contributed by atoms with Gasteiger partial charge in [-0.2, -0.15) is 0 Å². The topological polar surface area (TPSA) is 49.4 Å². The van der Waals surface area contributed by atoms with Crippen LogP contribution < -0.4 is 5.32 Å². The van der Waals surface area contributed by atoms with Gasteiger partial charge in [0.05, 0.1) is 16.0 Å². The zero-order valence-electron chi connectivity index (χ0n) is 11.8. The third-order valence-electron chi connectivity index (χ3n) is 3.10. The lowest BCUT2D eigenvalue weighted by atomic mass is 10.2. The van der Waals surface area contributed by atoms with Crippen LogP contribution in [0.2, 0.25) is 10.0 Å². The molecule has 0 aromatic heterocycles. The first-order chi connectivity index (χ1) is 10.4. The molecule has 22 heavy (non-hydrogen) atoms. The molecule has 1 unspecified atom stereocenters. The van der Waals surface area contributed by atoms with Crippen molar-refractivity contribution < 1.29 is 9.59 Å². The number of halogens is 2. The molecule has 4 nitrogen and oxygen atoms in total. The summed E-state index contributed by atoms with van der Waals surface area (Å²) in [4.78, 5) is 25.3. The number of hydrogen-bond donors (Lipinski definition) is 1. The summed E-state index contributed by atoms with van der Waals surface area (Å²) < 4.78 is 0.579. The summed E-state index contributed by atoms with van der Waals surface area (Å²) in [7, 11) is 0. The summed E-state index contributed by atoms with van der Waals surface area (Å²) in [5.41, 5.74) is 0.483. The maximum atomic E-state index is 11.9. The van der Waals surface area contributed by atoms with Crippen LogP contribution in [0.5, 0.6) is 0 Å². The van der Waals surface area contributed by atoms with Crippen LogP contribution in [-0.4, -0.2) is 32.8 Å². The van der Waals surface area contributed by atoms with Crippen LogP contribution in [0, 0.1) is 0 Å². The van der Waals surface area contributed by atoms with Crippen LogP contribution in [0.15, 0.2) is 18.2 Å². The van der Waals surface area contributed by atoms with Crippen molar-refractivity contribution in [1.82, 2.24) is 4.90 Å². The normalized spacial score (nSPS) is 18.0. The fourth-order valence-electron chi connectivity index (χ4n) is 1.98. The van der Waals surface area contributed by atoms with Crippen molar-refractivity contribution in [1.29, 1.82) is 0 Å². The number of carbonyl (C=O) groups is 2. The van der Waals surface area contributed by atoms with Crippen molar-refractivity contribution in [3.63, 3.8) is 0 Å². The van der Waals surface area contributed by atoms with Crippen LogP contribution >= 0.6 is 47.2 Å². The van der Waals surface area contributed by atoms with E-state index in [9.17, 15) is 9.59 Å². The highest BCUT2D eigenvalue weighted by molar-refractivity contribution is 8.24. The van der Waals surface area contributed by atoms with Gasteiger partial charge in [-0.15, -0.1) is 0 Å². The van der Waals surface area contributed by atoms with E-state index in [-0.39, 0.29) is 23.5 Å². The van der Waals surface area contributed by atoms with Gasteiger partial charge in [-0.3, -0.25) is 14.5 Å². The Morgan fingerprint density at radius 3 is 2.82 bits per heavy atom. The molecule has 1 aromatic rings. The Kier molecular flexibility index (Phi) is 6.09. The quantitative estimate of drug-likeness (QED) is 0.790. The molecule has 0 radical (unpaired) electrons. The van der Waals surface area contributed by atoms with Crippen molar-refractivity contribution in [2.24, 2.45) is 0 Å². The number of thiocarbonyl (C=S) groups is 1. The van der Waals surface area contributed by atoms with Gasteiger partial charge in [-0.05, 0) is 31.5 Å². The molecule has 8 heteroatoms. The van der Waals surface area contributed by atoms with E-state index >= 15 is 0 Å². The van der Waals surface area contributed by atoms with Gasteiger partial charge in [-0.25, -0.2) is 0 Å². The standard InChI is InChI=1S/C14H14Cl2N2O2S2/c1-8-13(20)18(14(21)22-8)6-2-3-12(19)17-11-7-9(15)4-5-10(11)16/h4-5,7-8H,2-3,6H2,1H3,(H,17,19). The Balaban J connectivity index is 1.82. The predicted molar refractivity (Wildman–Crippen MR) is 95.7 cm³/mol. The van der Waals surface area contributed by atoms with Crippen LogP contribution in [0.3, 0.4) is 0 Å². The lowest BCUT2D eigenvalue weighted by Crippen LogP contribution is -2.32. The molecule has 1 saturated heterocycles. The summed E-state index contributed by atoms with van der Waals surface area (Å²) in [6, 6.07) is 4.87. The van der Waals surface area contributed by atoms with Gasteiger partial charge >= 0.3 is 0 Å². The number of anilines is 1. The number of thioether (sulfide) groups is 1. The third kappa shape index (κ3) is 4.35. The maximum Gasteiger partial charge on any atom is 0.241 e. The van der Waals surface area contributed by atoms with E-state index in [1.807, 2.05) is 6.92 Å². The Morgan fingerprint density at radius 2 is 2.18 bits per heavy atom. The Labute approximate surface area is 148 Å². The second-order valence-electron chi connectivity index (χ2n) is 4.79. The van der Waals surface area contributed by atoms with Gasteiger partial charge in [0.1, 0.15) is 4.32 Å². The zero-order valence-corrected chi connectivity index (χ0v) is 14.9. The minimum absolute atomic E-state index is 0.00768. The third-order valence-corrected chi connectivity index (χ3v) is 5.15. The average Bonchev–Trinajstić information content (AvgIpc) is 2.69. The number of amides is 2. The Bertz CT molecular complexity index is 625. The van der Waals surface area contributed by atoms with Crippen molar-refractivity contribution in [3.05, 3.63) is 28.2 Å². The molecule has 1 aromatic carbocycles. The highest BCUT2D eigenvalue weighted by atomic mass is 35.5. The smallest absolute Gasteiger partial charge is 0.241 e. The average molecular weight is 377 g/mol. The second kappa shape index (κ2) is 7.64.